The summed E-state index contributed by atoms with van der Waals surface area (Å²) in [7, 11) is 2.45. The Morgan fingerprint density at radius 3 is 1.37 bits per heavy atom. The fourth-order valence-corrected chi connectivity index (χ4v) is 3.04. The molecular formula is C17H38ClN. The van der Waals surface area contributed by atoms with Crippen LogP contribution in [0.25, 0.3) is 0 Å². The number of nitrogens with zero attached hydrogens (tertiary/aromatic N) is 1. The predicted octanol–water partition coefficient (Wildman–Crippen LogP) is 2.40. The molecule has 118 valence electrons. The molecule has 0 aromatic heterocycles. The fourth-order valence-electron chi connectivity index (χ4n) is 3.04. The summed E-state index contributed by atoms with van der Waals surface area (Å²) in [5, 5.41) is 0. The van der Waals surface area contributed by atoms with Crippen LogP contribution in [0, 0.1) is 0 Å². The fraction of sp³-hybridized carbons (Fsp3) is 1.00. The molecule has 0 unspecified atom stereocenters. The normalized spacial score (nSPS) is 11.4. The van der Waals surface area contributed by atoms with Crippen LogP contribution in [0.2, 0.25) is 0 Å². The van der Waals surface area contributed by atoms with Crippen molar-refractivity contribution in [3.63, 3.8) is 0 Å². The minimum absolute atomic E-state index is 0. The van der Waals surface area contributed by atoms with E-state index in [-0.39, 0.29) is 12.4 Å². The van der Waals surface area contributed by atoms with Gasteiger partial charge in [-0.2, -0.15) is 0 Å². The molecule has 0 spiro atoms. The standard InChI is InChI=1S/C17H38N.ClH/c1-5-8-9-10-11-12-13-14-17-18(4,15-6-2)16-7-3;/h5-17H2,1-4H3;1H/q+1;/p-1. The van der Waals surface area contributed by atoms with Crippen molar-refractivity contribution in [2.45, 2.75) is 85.0 Å². The molecule has 0 rings (SSSR count). The summed E-state index contributed by atoms with van der Waals surface area (Å²) >= 11 is 0. The highest BCUT2D eigenvalue weighted by molar-refractivity contribution is 4.47. The molecule has 0 heterocycles. The minimum Gasteiger partial charge on any atom is -1.00 e. The number of quaternary nitrogens is 1. The van der Waals surface area contributed by atoms with E-state index in [1.807, 2.05) is 0 Å². The van der Waals surface area contributed by atoms with Crippen LogP contribution >= 0.6 is 0 Å². The van der Waals surface area contributed by atoms with Gasteiger partial charge in [-0.1, -0.05) is 59.3 Å². The molecule has 0 aliphatic heterocycles. The second-order valence-corrected chi connectivity index (χ2v) is 6.27. The van der Waals surface area contributed by atoms with Gasteiger partial charge in [-0.15, -0.1) is 0 Å². The second-order valence-electron chi connectivity index (χ2n) is 6.27. The quantitative estimate of drug-likeness (QED) is 0.361. The average molecular weight is 292 g/mol. The molecular weight excluding hydrogens is 254 g/mol. The van der Waals surface area contributed by atoms with Gasteiger partial charge in [0.2, 0.25) is 0 Å². The van der Waals surface area contributed by atoms with Gasteiger partial charge < -0.3 is 16.9 Å². The molecule has 0 aliphatic carbocycles. The van der Waals surface area contributed by atoms with Crippen molar-refractivity contribution in [3.8, 4) is 0 Å². The largest absolute Gasteiger partial charge is 1.00 e. The topological polar surface area (TPSA) is 0 Å². The lowest BCUT2D eigenvalue weighted by atomic mass is 10.1. The van der Waals surface area contributed by atoms with Crippen molar-refractivity contribution in [2.24, 2.45) is 0 Å². The van der Waals surface area contributed by atoms with E-state index in [1.54, 1.807) is 0 Å². The molecule has 0 aliphatic rings. The second kappa shape index (κ2) is 14.7. The van der Waals surface area contributed by atoms with E-state index in [0.717, 1.165) is 0 Å². The van der Waals surface area contributed by atoms with Crippen molar-refractivity contribution < 1.29 is 16.9 Å². The first kappa shape index (κ1) is 21.5. The van der Waals surface area contributed by atoms with Gasteiger partial charge in [0.25, 0.3) is 0 Å². The highest BCUT2D eigenvalue weighted by Gasteiger charge is 2.18. The zero-order chi connectivity index (χ0) is 13.7. The van der Waals surface area contributed by atoms with Gasteiger partial charge in [-0.05, 0) is 25.7 Å². The van der Waals surface area contributed by atoms with Crippen molar-refractivity contribution in [2.75, 3.05) is 26.7 Å². The number of unbranched alkanes of at least 4 members (excludes halogenated alkanes) is 7. The first-order chi connectivity index (χ1) is 8.68. The molecule has 0 N–H and O–H groups in total. The van der Waals surface area contributed by atoms with Gasteiger partial charge in [0.05, 0.1) is 26.7 Å². The van der Waals surface area contributed by atoms with E-state index in [1.165, 1.54) is 88.3 Å². The maximum Gasteiger partial charge on any atom is 0.0784 e. The van der Waals surface area contributed by atoms with Crippen molar-refractivity contribution in [3.05, 3.63) is 0 Å². The molecule has 19 heavy (non-hydrogen) atoms. The Labute approximate surface area is 129 Å². The molecule has 0 aromatic carbocycles. The van der Waals surface area contributed by atoms with Crippen molar-refractivity contribution >= 4 is 0 Å². The molecule has 0 amide bonds. The molecule has 2 heteroatoms. The monoisotopic (exact) mass is 291 g/mol. The number of rotatable bonds is 13. The Morgan fingerprint density at radius 2 is 0.947 bits per heavy atom. The Kier molecular flexibility index (Phi) is 16.6. The smallest absolute Gasteiger partial charge is 0.0784 e. The molecule has 0 atom stereocenters. The summed E-state index contributed by atoms with van der Waals surface area (Å²) in [6.07, 6.45) is 14.2. The summed E-state index contributed by atoms with van der Waals surface area (Å²) in [4.78, 5) is 0. The number of hydrogen-bond donors (Lipinski definition) is 0. The molecule has 0 saturated heterocycles. The lowest BCUT2D eigenvalue weighted by Crippen LogP contribution is -3.00. The van der Waals surface area contributed by atoms with Crippen molar-refractivity contribution in [1.29, 1.82) is 0 Å². The van der Waals surface area contributed by atoms with E-state index in [9.17, 15) is 0 Å². The molecule has 0 aromatic rings. The third kappa shape index (κ3) is 13.0. The van der Waals surface area contributed by atoms with Crippen LogP contribution in [0.15, 0.2) is 0 Å². The highest BCUT2D eigenvalue weighted by atomic mass is 35.5. The summed E-state index contributed by atoms with van der Waals surface area (Å²) in [6.45, 7) is 11.1. The molecule has 0 radical (unpaired) electrons. The Hall–Kier alpha value is 0.250. The van der Waals surface area contributed by atoms with E-state index >= 15 is 0 Å². The molecule has 0 fully saturated rings. The minimum atomic E-state index is 0. The van der Waals surface area contributed by atoms with Crippen LogP contribution in [0.1, 0.15) is 85.0 Å². The molecule has 1 nitrogen and oxygen atoms in total. The maximum atomic E-state index is 2.45. The van der Waals surface area contributed by atoms with Crippen LogP contribution in [-0.2, 0) is 0 Å². The third-order valence-electron chi connectivity index (χ3n) is 4.08. The van der Waals surface area contributed by atoms with Crippen LogP contribution in [0.5, 0.6) is 0 Å². The van der Waals surface area contributed by atoms with E-state index in [0.29, 0.717) is 0 Å². The molecule has 0 saturated carbocycles. The maximum absolute atomic E-state index is 2.45. The highest BCUT2D eigenvalue weighted by Crippen LogP contribution is 2.12. The van der Waals surface area contributed by atoms with E-state index in [4.69, 9.17) is 0 Å². The van der Waals surface area contributed by atoms with Crippen LogP contribution in [-0.4, -0.2) is 31.2 Å². The Morgan fingerprint density at radius 1 is 0.526 bits per heavy atom. The zero-order valence-corrected chi connectivity index (χ0v) is 14.8. The first-order valence-corrected chi connectivity index (χ1v) is 8.52. The lowest BCUT2D eigenvalue weighted by Gasteiger charge is -2.34. The molecule has 0 bridgehead atoms. The average Bonchev–Trinajstić information content (AvgIpc) is 2.33. The predicted molar refractivity (Wildman–Crippen MR) is 84.0 cm³/mol. The third-order valence-corrected chi connectivity index (χ3v) is 4.08. The summed E-state index contributed by atoms with van der Waals surface area (Å²) in [5.74, 6) is 0. The first-order valence-electron chi connectivity index (χ1n) is 8.52. The van der Waals surface area contributed by atoms with Crippen molar-refractivity contribution in [1.82, 2.24) is 0 Å². The number of hydrogen-bond acceptors (Lipinski definition) is 0. The summed E-state index contributed by atoms with van der Waals surface area (Å²) in [5.41, 5.74) is 0. The van der Waals surface area contributed by atoms with Gasteiger partial charge in [0.1, 0.15) is 0 Å². The van der Waals surface area contributed by atoms with Gasteiger partial charge in [-0.25, -0.2) is 0 Å². The number of halogens is 1. The lowest BCUT2D eigenvalue weighted by molar-refractivity contribution is -0.909. The summed E-state index contributed by atoms with van der Waals surface area (Å²) < 4.78 is 1.31. The van der Waals surface area contributed by atoms with Gasteiger partial charge in [-0.3, -0.25) is 0 Å². The Balaban J connectivity index is 0. The van der Waals surface area contributed by atoms with Crippen LogP contribution < -0.4 is 12.4 Å². The van der Waals surface area contributed by atoms with E-state index in [2.05, 4.69) is 27.8 Å². The summed E-state index contributed by atoms with van der Waals surface area (Å²) in [6, 6.07) is 0. The van der Waals surface area contributed by atoms with Crippen LogP contribution in [0.4, 0.5) is 0 Å². The SMILES string of the molecule is CCCCCCCCCC[N+](C)(CCC)CCC.[Cl-]. The van der Waals surface area contributed by atoms with Gasteiger partial charge in [0, 0.05) is 0 Å². The van der Waals surface area contributed by atoms with Gasteiger partial charge >= 0.3 is 0 Å². The van der Waals surface area contributed by atoms with E-state index < -0.39 is 0 Å². The van der Waals surface area contributed by atoms with Crippen LogP contribution in [0.3, 0.4) is 0 Å². The zero-order valence-electron chi connectivity index (χ0n) is 14.0. The van der Waals surface area contributed by atoms with Gasteiger partial charge in [0.15, 0.2) is 0 Å². The Bertz CT molecular complexity index is 165.